The van der Waals surface area contributed by atoms with Crippen LogP contribution in [0.1, 0.15) is 38.2 Å². The largest absolute Gasteiger partial charge is 0.398 e. The summed E-state index contributed by atoms with van der Waals surface area (Å²) in [5, 5.41) is 0. The van der Waals surface area contributed by atoms with Gasteiger partial charge in [-0.2, -0.15) is 0 Å². The van der Waals surface area contributed by atoms with E-state index in [9.17, 15) is 4.79 Å². The molecule has 0 saturated carbocycles. The maximum atomic E-state index is 12.4. The van der Waals surface area contributed by atoms with Crippen molar-refractivity contribution in [2.24, 2.45) is 0 Å². The standard InChI is InChI=1S/C17H27N3O/c1-2-19(13-15-9-5-6-10-16(15)18)14-17(21)20-11-7-3-4-8-12-20/h5-6,9-10H,2-4,7-8,11-14,18H2,1H3. The third-order valence-electron chi connectivity index (χ3n) is 4.21. The molecule has 0 aliphatic carbocycles. The number of hydrogen-bond donors (Lipinski definition) is 1. The summed E-state index contributed by atoms with van der Waals surface area (Å²) in [5.74, 6) is 0.258. The van der Waals surface area contributed by atoms with Gasteiger partial charge >= 0.3 is 0 Å². The maximum absolute atomic E-state index is 12.4. The van der Waals surface area contributed by atoms with Crippen LogP contribution in [0.15, 0.2) is 24.3 Å². The van der Waals surface area contributed by atoms with Gasteiger partial charge in [-0.3, -0.25) is 9.69 Å². The average molecular weight is 289 g/mol. The lowest BCUT2D eigenvalue weighted by Crippen LogP contribution is -2.40. The Bertz CT molecular complexity index is 453. The lowest BCUT2D eigenvalue weighted by Gasteiger charge is -2.26. The summed E-state index contributed by atoms with van der Waals surface area (Å²) in [7, 11) is 0. The molecule has 1 saturated heterocycles. The molecule has 4 heteroatoms. The van der Waals surface area contributed by atoms with Crippen LogP contribution < -0.4 is 5.73 Å². The van der Waals surface area contributed by atoms with Gasteiger partial charge < -0.3 is 10.6 Å². The third-order valence-corrected chi connectivity index (χ3v) is 4.21. The van der Waals surface area contributed by atoms with E-state index in [1.165, 1.54) is 12.8 Å². The number of rotatable bonds is 5. The van der Waals surface area contributed by atoms with E-state index >= 15 is 0 Å². The van der Waals surface area contributed by atoms with Crippen molar-refractivity contribution >= 4 is 11.6 Å². The molecule has 21 heavy (non-hydrogen) atoms. The predicted octanol–water partition coefficient (Wildman–Crippen LogP) is 2.49. The Labute approximate surface area is 127 Å². The monoisotopic (exact) mass is 289 g/mol. The van der Waals surface area contributed by atoms with Gasteiger partial charge in [-0.15, -0.1) is 0 Å². The number of nitrogens with two attached hydrogens (primary N) is 1. The first-order valence-corrected chi connectivity index (χ1v) is 8.04. The molecule has 2 rings (SSSR count). The van der Waals surface area contributed by atoms with E-state index in [1.807, 2.05) is 29.2 Å². The SMILES string of the molecule is CCN(CC(=O)N1CCCCCC1)Cc1ccccc1N. The van der Waals surface area contributed by atoms with Crippen molar-refractivity contribution < 1.29 is 4.79 Å². The Morgan fingerprint density at radius 1 is 1.19 bits per heavy atom. The van der Waals surface area contributed by atoms with Gasteiger partial charge in [0, 0.05) is 25.3 Å². The molecule has 116 valence electrons. The van der Waals surface area contributed by atoms with Gasteiger partial charge in [-0.05, 0) is 31.0 Å². The summed E-state index contributed by atoms with van der Waals surface area (Å²) in [6, 6.07) is 7.89. The fraction of sp³-hybridized carbons (Fsp3) is 0.588. The average Bonchev–Trinajstić information content (AvgIpc) is 2.77. The van der Waals surface area contributed by atoms with Gasteiger partial charge in [0.2, 0.25) is 5.91 Å². The Kier molecular flexibility index (Phi) is 6.05. The van der Waals surface area contributed by atoms with Crippen LogP contribution in [-0.4, -0.2) is 41.9 Å². The topological polar surface area (TPSA) is 49.6 Å². The minimum absolute atomic E-state index is 0.258. The van der Waals surface area contributed by atoms with Crippen LogP contribution in [-0.2, 0) is 11.3 Å². The number of nitrogens with zero attached hydrogens (tertiary/aromatic N) is 2. The number of benzene rings is 1. The fourth-order valence-electron chi connectivity index (χ4n) is 2.81. The summed E-state index contributed by atoms with van der Waals surface area (Å²) in [6.07, 6.45) is 4.79. The van der Waals surface area contributed by atoms with E-state index < -0.39 is 0 Å². The van der Waals surface area contributed by atoms with Gasteiger partial charge in [0.15, 0.2) is 0 Å². The number of anilines is 1. The Morgan fingerprint density at radius 3 is 2.48 bits per heavy atom. The molecular weight excluding hydrogens is 262 g/mol. The van der Waals surface area contributed by atoms with Gasteiger partial charge in [-0.1, -0.05) is 38.0 Å². The van der Waals surface area contributed by atoms with Crippen LogP contribution in [0.3, 0.4) is 0 Å². The molecule has 4 nitrogen and oxygen atoms in total. The second-order valence-electron chi connectivity index (χ2n) is 5.80. The molecule has 1 amide bonds. The van der Waals surface area contributed by atoms with Gasteiger partial charge in [0.25, 0.3) is 0 Å². The lowest BCUT2D eigenvalue weighted by atomic mass is 10.1. The molecule has 0 unspecified atom stereocenters. The van der Waals surface area contributed by atoms with Crippen LogP contribution >= 0.6 is 0 Å². The quantitative estimate of drug-likeness (QED) is 0.847. The highest BCUT2D eigenvalue weighted by Crippen LogP contribution is 2.14. The lowest BCUT2D eigenvalue weighted by molar-refractivity contribution is -0.132. The van der Waals surface area contributed by atoms with Crippen LogP contribution in [0.4, 0.5) is 5.69 Å². The van der Waals surface area contributed by atoms with Gasteiger partial charge in [-0.25, -0.2) is 0 Å². The summed E-state index contributed by atoms with van der Waals surface area (Å²) >= 11 is 0. The first-order valence-electron chi connectivity index (χ1n) is 8.04. The van der Waals surface area contributed by atoms with Crippen molar-refractivity contribution in [2.75, 3.05) is 31.9 Å². The molecule has 1 heterocycles. The second kappa shape index (κ2) is 8.03. The molecule has 1 aliphatic heterocycles. The number of carbonyl (C=O) groups is 1. The van der Waals surface area contributed by atoms with Crippen molar-refractivity contribution in [3.8, 4) is 0 Å². The third kappa shape index (κ3) is 4.74. The first-order chi connectivity index (χ1) is 10.2. The number of para-hydroxylation sites is 1. The molecular formula is C17H27N3O. The smallest absolute Gasteiger partial charge is 0.236 e. The number of hydrogen-bond acceptors (Lipinski definition) is 3. The molecule has 1 aromatic rings. The summed E-state index contributed by atoms with van der Waals surface area (Å²) in [4.78, 5) is 16.6. The van der Waals surface area contributed by atoms with E-state index in [1.54, 1.807) is 0 Å². The molecule has 0 atom stereocenters. The summed E-state index contributed by atoms with van der Waals surface area (Å²) in [6.45, 7) is 6.02. The Morgan fingerprint density at radius 2 is 1.86 bits per heavy atom. The molecule has 0 aromatic heterocycles. The van der Waals surface area contributed by atoms with Crippen LogP contribution in [0.25, 0.3) is 0 Å². The number of likely N-dealkylation sites (N-methyl/N-ethyl adjacent to an activating group) is 1. The minimum Gasteiger partial charge on any atom is -0.398 e. The Balaban J connectivity index is 1.92. The van der Waals surface area contributed by atoms with E-state index in [0.717, 1.165) is 50.3 Å². The molecule has 1 aliphatic rings. The van der Waals surface area contributed by atoms with Crippen molar-refractivity contribution in [3.05, 3.63) is 29.8 Å². The van der Waals surface area contributed by atoms with Crippen molar-refractivity contribution in [1.29, 1.82) is 0 Å². The van der Waals surface area contributed by atoms with E-state index in [2.05, 4.69) is 11.8 Å². The Hall–Kier alpha value is -1.55. The number of amides is 1. The highest BCUT2D eigenvalue weighted by atomic mass is 16.2. The van der Waals surface area contributed by atoms with Crippen molar-refractivity contribution in [2.45, 2.75) is 39.2 Å². The molecule has 2 N–H and O–H groups in total. The van der Waals surface area contributed by atoms with E-state index in [4.69, 9.17) is 5.73 Å². The van der Waals surface area contributed by atoms with Crippen molar-refractivity contribution in [1.82, 2.24) is 9.80 Å². The van der Waals surface area contributed by atoms with Crippen LogP contribution in [0.2, 0.25) is 0 Å². The predicted molar refractivity (Wildman–Crippen MR) is 86.9 cm³/mol. The minimum atomic E-state index is 0.258. The molecule has 1 fully saturated rings. The van der Waals surface area contributed by atoms with Gasteiger partial charge in [0.1, 0.15) is 0 Å². The highest BCUT2D eigenvalue weighted by molar-refractivity contribution is 5.78. The normalized spacial score (nSPS) is 16.0. The zero-order chi connectivity index (χ0) is 15.1. The zero-order valence-electron chi connectivity index (χ0n) is 13.1. The van der Waals surface area contributed by atoms with E-state index in [0.29, 0.717) is 6.54 Å². The summed E-state index contributed by atoms with van der Waals surface area (Å²) < 4.78 is 0. The fourth-order valence-corrected chi connectivity index (χ4v) is 2.81. The number of nitrogen functional groups attached to an aromatic ring is 1. The second-order valence-corrected chi connectivity index (χ2v) is 5.80. The molecule has 0 radical (unpaired) electrons. The van der Waals surface area contributed by atoms with Gasteiger partial charge in [0.05, 0.1) is 6.54 Å². The van der Waals surface area contributed by atoms with E-state index in [-0.39, 0.29) is 5.91 Å². The highest BCUT2D eigenvalue weighted by Gasteiger charge is 2.18. The maximum Gasteiger partial charge on any atom is 0.236 e. The summed E-state index contributed by atoms with van der Waals surface area (Å²) in [5.41, 5.74) is 7.90. The van der Waals surface area contributed by atoms with Crippen molar-refractivity contribution in [3.63, 3.8) is 0 Å². The molecule has 1 aromatic carbocycles. The van der Waals surface area contributed by atoms with Crippen LogP contribution in [0, 0.1) is 0 Å². The molecule has 0 spiro atoms. The van der Waals surface area contributed by atoms with Crippen LogP contribution in [0.5, 0.6) is 0 Å². The zero-order valence-corrected chi connectivity index (χ0v) is 13.1. The molecule has 0 bridgehead atoms. The number of carbonyl (C=O) groups excluding carboxylic acids is 1. The first kappa shape index (κ1) is 15.8. The number of likely N-dealkylation sites (tertiary alicyclic amines) is 1.